The third-order valence-corrected chi connectivity index (χ3v) is 4.64. The first kappa shape index (κ1) is 27.5. The molecule has 0 aromatic heterocycles. The van der Waals surface area contributed by atoms with Crippen molar-refractivity contribution in [1.82, 2.24) is 26.2 Å². The highest BCUT2D eigenvalue weighted by Gasteiger charge is 2.32. The van der Waals surface area contributed by atoms with Crippen LogP contribution >= 0.6 is 0 Å². The Balaban J connectivity index is 5.18. The summed E-state index contributed by atoms with van der Waals surface area (Å²) < 4.78 is 0. The van der Waals surface area contributed by atoms with E-state index in [2.05, 4.69) is 21.3 Å². The van der Waals surface area contributed by atoms with Crippen molar-refractivity contribution in [2.45, 2.75) is 51.7 Å². The highest BCUT2D eigenvalue weighted by Crippen LogP contribution is 2.11. The van der Waals surface area contributed by atoms with Crippen molar-refractivity contribution >= 4 is 29.9 Å². The topological polar surface area (TPSA) is 163 Å². The minimum Gasteiger partial charge on any atom is -0.348 e. The van der Waals surface area contributed by atoms with Gasteiger partial charge in [0.25, 0.3) is 0 Å². The fourth-order valence-electron chi connectivity index (χ4n) is 2.77. The van der Waals surface area contributed by atoms with Gasteiger partial charge in [-0.2, -0.15) is 0 Å². The van der Waals surface area contributed by atoms with E-state index in [0.717, 1.165) is 0 Å². The molecule has 0 spiro atoms. The van der Waals surface area contributed by atoms with E-state index in [1.807, 2.05) is 0 Å². The number of nitrogens with two attached hydrogens (primary N) is 1. The summed E-state index contributed by atoms with van der Waals surface area (Å²) in [5.74, 6) is -2.02. The molecule has 4 amide bonds. The van der Waals surface area contributed by atoms with Gasteiger partial charge < -0.3 is 36.7 Å². The zero-order chi connectivity index (χ0) is 23.3. The molecule has 0 aliphatic heterocycles. The second kappa shape index (κ2) is 14.5. The van der Waals surface area contributed by atoms with Gasteiger partial charge in [0.1, 0.15) is 18.4 Å². The molecule has 0 radical (unpaired) electrons. The fourth-order valence-corrected chi connectivity index (χ4v) is 2.77. The molecule has 0 saturated heterocycles. The molecule has 0 rings (SSSR count). The molecule has 0 aliphatic rings. The highest BCUT2D eigenvalue weighted by atomic mass is 16.2. The summed E-state index contributed by atoms with van der Waals surface area (Å²) >= 11 is 0. The Kier molecular flexibility index (Phi) is 13.2. The predicted octanol–water partition coefficient (Wildman–Crippen LogP) is -2.27. The van der Waals surface area contributed by atoms with Gasteiger partial charge in [-0.25, -0.2) is 0 Å². The zero-order valence-corrected chi connectivity index (χ0v) is 18.5. The largest absolute Gasteiger partial charge is 0.348 e. The van der Waals surface area contributed by atoms with Crippen molar-refractivity contribution < 1.29 is 24.0 Å². The fraction of sp³-hybridized carbons (Fsp3) is 0.737. The Morgan fingerprint density at radius 3 is 2.17 bits per heavy atom. The summed E-state index contributed by atoms with van der Waals surface area (Å²) in [6.07, 6.45) is 1.34. The number of likely N-dealkylation sites (N-methyl/N-ethyl adjacent to an activating group) is 2. The van der Waals surface area contributed by atoms with Crippen molar-refractivity contribution in [2.75, 3.05) is 33.7 Å². The molecule has 1 unspecified atom stereocenters. The van der Waals surface area contributed by atoms with Gasteiger partial charge in [-0.15, -0.1) is 0 Å². The molecule has 6 N–H and O–H groups in total. The Bertz CT molecular complexity index is 598. The van der Waals surface area contributed by atoms with Crippen LogP contribution in [0.15, 0.2) is 0 Å². The molecule has 0 aromatic carbocycles. The number of rotatable bonds is 14. The van der Waals surface area contributed by atoms with Crippen molar-refractivity contribution in [3.8, 4) is 0 Å². The quantitative estimate of drug-likeness (QED) is 0.195. The molecular weight excluding hydrogens is 392 g/mol. The van der Waals surface area contributed by atoms with Gasteiger partial charge in [0.05, 0.1) is 19.1 Å². The van der Waals surface area contributed by atoms with Crippen LogP contribution in [0, 0.1) is 5.92 Å². The second-order valence-electron chi connectivity index (χ2n) is 7.33. The molecular formula is C19H36N6O5. The van der Waals surface area contributed by atoms with E-state index in [0.29, 0.717) is 25.7 Å². The molecule has 0 heterocycles. The van der Waals surface area contributed by atoms with Crippen molar-refractivity contribution in [1.29, 1.82) is 0 Å². The third kappa shape index (κ3) is 9.31. The predicted molar refractivity (Wildman–Crippen MR) is 112 cm³/mol. The van der Waals surface area contributed by atoms with Gasteiger partial charge in [0.2, 0.25) is 23.6 Å². The van der Waals surface area contributed by atoms with Gasteiger partial charge in [-0.3, -0.25) is 19.2 Å². The summed E-state index contributed by atoms with van der Waals surface area (Å²) in [7, 11) is 3.10. The molecule has 30 heavy (non-hydrogen) atoms. The van der Waals surface area contributed by atoms with Gasteiger partial charge in [-0.1, -0.05) is 13.8 Å². The lowest BCUT2D eigenvalue weighted by Gasteiger charge is -2.31. The number of hydrogen-bond acceptors (Lipinski definition) is 7. The van der Waals surface area contributed by atoms with Crippen LogP contribution in [0.2, 0.25) is 0 Å². The number of nitrogens with zero attached hydrogens (tertiary/aromatic N) is 1. The first-order chi connectivity index (χ1) is 14.1. The molecule has 0 fully saturated rings. The van der Waals surface area contributed by atoms with Crippen LogP contribution in [-0.4, -0.2) is 86.7 Å². The molecule has 0 bridgehead atoms. The van der Waals surface area contributed by atoms with Crippen LogP contribution in [0.25, 0.3) is 0 Å². The highest BCUT2D eigenvalue weighted by molar-refractivity contribution is 5.93. The minimum absolute atomic E-state index is 0.162. The monoisotopic (exact) mass is 428 g/mol. The normalized spacial score (nSPS) is 13.7. The summed E-state index contributed by atoms with van der Waals surface area (Å²) in [5.41, 5.74) is 5.50. The molecule has 11 heteroatoms. The van der Waals surface area contributed by atoms with Gasteiger partial charge in [0, 0.05) is 7.05 Å². The third-order valence-electron chi connectivity index (χ3n) is 4.64. The summed E-state index contributed by atoms with van der Waals surface area (Å²) in [4.78, 5) is 61.3. The van der Waals surface area contributed by atoms with Crippen LogP contribution in [0.1, 0.15) is 33.6 Å². The number of carbonyl (C=O) groups excluding carboxylic acids is 5. The molecule has 0 saturated carbocycles. The van der Waals surface area contributed by atoms with Crippen LogP contribution in [0.4, 0.5) is 0 Å². The number of amides is 4. The van der Waals surface area contributed by atoms with E-state index in [-0.39, 0.29) is 24.9 Å². The summed E-state index contributed by atoms with van der Waals surface area (Å²) in [6, 6.07) is -2.18. The van der Waals surface area contributed by atoms with Crippen LogP contribution in [0.5, 0.6) is 0 Å². The molecule has 0 aromatic rings. The van der Waals surface area contributed by atoms with E-state index in [9.17, 15) is 24.0 Å². The standard InChI is InChI=1S/C19H36N6O5/c1-12(2)16(25(5)15(27)11-23-17(28)13(3)21-4)19(30)24-14(7-6-8-20)18(29)22-9-10-26/h10,12-14,16,21H,6-9,11,20H2,1-5H3,(H,22,29)(H,23,28)(H,24,30)/t13-,14-,16?/m0/s1. The number of hydrogen-bond donors (Lipinski definition) is 5. The molecule has 3 atom stereocenters. The van der Waals surface area contributed by atoms with E-state index in [1.54, 1.807) is 27.8 Å². The maximum absolute atomic E-state index is 12.9. The second-order valence-corrected chi connectivity index (χ2v) is 7.33. The summed E-state index contributed by atoms with van der Waals surface area (Å²) in [6.45, 7) is 5.13. The number of aldehydes is 1. The lowest BCUT2D eigenvalue weighted by molar-refractivity contribution is -0.141. The Morgan fingerprint density at radius 1 is 1.03 bits per heavy atom. The SMILES string of the molecule is CN[C@@H](C)C(=O)NCC(=O)N(C)C(C(=O)N[C@@H](CCCN)C(=O)NCC=O)C(C)C. The van der Waals surface area contributed by atoms with E-state index in [4.69, 9.17) is 5.73 Å². The first-order valence-corrected chi connectivity index (χ1v) is 10.0. The number of nitrogens with one attached hydrogen (secondary N) is 4. The van der Waals surface area contributed by atoms with Gasteiger partial charge >= 0.3 is 0 Å². The van der Waals surface area contributed by atoms with E-state index in [1.165, 1.54) is 11.9 Å². The van der Waals surface area contributed by atoms with Gasteiger partial charge in [-0.05, 0) is 39.3 Å². The Morgan fingerprint density at radius 2 is 1.67 bits per heavy atom. The first-order valence-electron chi connectivity index (χ1n) is 10.0. The van der Waals surface area contributed by atoms with E-state index >= 15 is 0 Å². The van der Waals surface area contributed by atoms with Crippen LogP contribution in [0.3, 0.4) is 0 Å². The number of carbonyl (C=O) groups is 5. The van der Waals surface area contributed by atoms with Crippen LogP contribution < -0.4 is 27.0 Å². The average molecular weight is 429 g/mol. The summed E-state index contributed by atoms with van der Waals surface area (Å²) in [5, 5.41) is 10.4. The van der Waals surface area contributed by atoms with Gasteiger partial charge in [0.15, 0.2) is 0 Å². The molecule has 172 valence electrons. The van der Waals surface area contributed by atoms with Crippen molar-refractivity contribution in [3.63, 3.8) is 0 Å². The Labute approximate surface area is 177 Å². The maximum Gasteiger partial charge on any atom is 0.243 e. The zero-order valence-electron chi connectivity index (χ0n) is 18.5. The van der Waals surface area contributed by atoms with Crippen molar-refractivity contribution in [3.05, 3.63) is 0 Å². The van der Waals surface area contributed by atoms with Crippen molar-refractivity contribution in [2.24, 2.45) is 11.7 Å². The molecule has 0 aliphatic carbocycles. The minimum atomic E-state index is -0.873. The van der Waals surface area contributed by atoms with E-state index < -0.39 is 35.8 Å². The maximum atomic E-state index is 12.9. The molecule has 11 nitrogen and oxygen atoms in total. The average Bonchev–Trinajstić information content (AvgIpc) is 2.71. The van der Waals surface area contributed by atoms with Crippen LogP contribution in [-0.2, 0) is 24.0 Å². The Hall–Kier alpha value is -2.53. The smallest absolute Gasteiger partial charge is 0.243 e. The lowest BCUT2D eigenvalue weighted by atomic mass is 10.0. The lowest BCUT2D eigenvalue weighted by Crippen LogP contribution is -2.57.